The van der Waals surface area contributed by atoms with Crippen molar-refractivity contribution < 1.29 is 13.2 Å². The number of halogens is 2. The fourth-order valence-corrected chi connectivity index (χ4v) is 4.37. The van der Waals surface area contributed by atoms with E-state index in [4.69, 9.17) is 4.43 Å². The van der Waals surface area contributed by atoms with Crippen LogP contribution in [0.1, 0.15) is 18.9 Å². The second kappa shape index (κ2) is 6.96. The van der Waals surface area contributed by atoms with Gasteiger partial charge in [-0.1, -0.05) is 30.3 Å². The molecule has 1 aromatic carbocycles. The average molecular weight is 297 g/mol. The minimum atomic E-state index is -2.53. The lowest BCUT2D eigenvalue weighted by Crippen LogP contribution is -2.43. The average Bonchev–Trinajstić information content (AvgIpc) is 2.35. The van der Waals surface area contributed by atoms with Crippen molar-refractivity contribution in [3.63, 3.8) is 0 Å². The van der Waals surface area contributed by atoms with Crippen molar-refractivity contribution in [2.24, 2.45) is 0 Å². The number of aryl methyl sites for hydroxylation is 1. The van der Waals surface area contributed by atoms with E-state index in [0.29, 0.717) is 12.8 Å². The molecule has 0 spiro atoms. The molecule has 0 aliphatic rings. The van der Waals surface area contributed by atoms with Crippen LogP contribution in [-0.2, 0) is 10.8 Å². The summed E-state index contributed by atoms with van der Waals surface area (Å²) in [6.07, 6.45) is -1.18. The summed E-state index contributed by atoms with van der Waals surface area (Å²) in [5.74, 6) is 0. The third-order valence-corrected chi connectivity index (χ3v) is 5.41. The predicted octanol–water partition coefficient (Wildman–Crippen LogP) is 4.39. The van der Waals surface area contributed by atoms with Crippen LogP contribution in [-0.4, -0.2) is 20.3 Å². The van der Waals surface area contributed by atoms with Gasteiger partial charge in [0.2, 0.25) is 6.43 Å². The molecule has 0 N–H and O–H groups in total. The third kappa shape index (κ3) is 5.80. The molecule has 0 bridgehead atoms. The van der Waals surface area contributed by atoms with Crippen LogP contribution in [0.5, 0.6) is 0 Å². The standard InChI is InChI=1S/C15H21F2NOSi/c1-15(12-18,19-20(2,3)11-14(16)17)10-9-13-7-5-4-6-8-13/h4-8,14H,9-11H2,1-3H3. The summed E-state index contributed by atoms with van der Waals surface area (Å²) in [7, 11) is -2.53. The molecule has 0 saturated heterocycles. The first-order chi connectivity index (χ1) is 9.26. The van der Waals surface area contributed by atoms with Gasteiger partial charge in [0.25, 0.3) is 0 Å². The summed E-state index contributed by atoms with van der Waals surface area (Å²) in [4.78, 5) is 0. The summed E-state index contributed by atoms with van der Waals surface area (Å²) in [5, 5.41) is 9.32. The van der Waals surface area contributed by atoms with E-state index >= 15 is 0 Å². The molecule has 110 valence electrons. The fourth-order valence-electron chi connectivity index (χ4n) is 2.18. The Morgan fingerprint density at radius 3 is 2.40 bits per heavy atom. The molecule has 1 rings (SSSR count). The Morgan fingerprint density at radius 1 is 1.30 bits per heavy atom. The number of nitrogens with zero attached hydrogens (tertiary/aromatic N) is 1. The van der Waals surface area contributed by atoms with Gasteiger partial charge in [-0.2, -0.15) is 5.26 Å². The molecule has 1 atom stereocenters. The van der Waals surface area contributed by atoms with E-state index in [0.717, 1.165) is 5.56 Å². The Balaban J connectivity index is 2.65. The number of benzene rings is 1. The van der Waals surface area contributed by atoms with Gasteiger partial charge in [0.05, 0.1) is 6.07 Å². The largest absolute Gasteiger partial charge is 0.400 e. The lowest BCUT2D eigenvalue weighted by molar-refractivity contribution is 0.111. The summed E-state index contributed by atoms with van der Waals surface area (Å²) in [5.41, 5.74) is 0.117. The van der Waals surface area contributed by atoms with Crippen LogP contribution in [0.3, 0.4) is 0 Å². The lowest BCUT2D eigenvalue weighted by atomic mass is 9.98. The Bertz CT molecular complexity index is 459. The van der Waals surface area contributed by atoms with Gasteiger partial charge in [-0.05, 0) is 38.4 Å². The van der Waals surface area contributed by atoms with Crippen LogP contribution in [0.2, 0.25) is 19.1 Å². The predicted molar refractivity (Wildman–Crippen MR) is 78.2 cm³/mol. The first kappa shape index (κ1) is 16.8. The summed E-state index contributed by atoms with van der Waals surface area (Å²) in [6, 6.07) is 11.7. The van der Waals surface area contributed by atoms with Crippen LogP contribution in [0.4, 0.5) is 8.78 Å². The second-order valence-corrected chi connectivity index (χ2v) is 9.92. The van der Waals surface area contributed by atoms with Crippen molar-refractivity contribution in [2.45, 2.75) is 50.9 Å². The molecule has 0 amide bonds. The van der Waals surface area contributed by atoms with Crippen molar-refractivity contribution in [3.05, 3.63) is 35.9 Å². The van der Waals surface area contributed by atoms with Crippen LogP contribution in [0, 0.1) is 11.3 Å². The van der Waals surface area contributed by atoms with Gasteiger partial charge in [0, 0.05) is 6.04 Å². The second-order valence-electron chi connectivity index (χ2n) is 5.79. The molecule has 0 fully saturated rings. The van der Waals surface area contributed by atoms with Gasteiger partial charge in [-0.3, -0.25) is 0 Å². The molecular formula is C15H21F2NOSi. The molecule has 0 aromatic heterocycles. The van der Waals surface area contributed by atoms with Crippen LogP contribution in [0.25, 0.3) is 0 Å². The van der Waals surface area contributed by atoms with E-state index in [-0.39, 0.29) is 6.04 Å². The monoisotopic (exact) mass is 297 g/mol. The number of rotatable bonds is 7. The molecule has 0 aliphatic heterocycles. The molecule has 1 unspecified atom stereocenters. The van der Waals surface area contributed by atoms with Crippen LogP contribution in [0.15, 0.2) is 30.3 Å². The lowest BCUT2D eigenvalue weighted by Gasteiger charge is -2.32. The zero-order chi connectivity index (χ0) is 15.2. The molecular weight excluding hydrogens is 276 g/mol. The van der Waals surface area contributed by atoms with Gasteiger partial charge >= 0.3 is 0 Å². The first-order valence-corrected chi connectivity index (χ1v) is 9.81. The van der Waals surface area contributed by atoms with Gasteiger partial charge in [-0.15, -0.1) is 0 Å². The Kier molecular flexibility index (Phi) is 5.84. The van der Waals surface area contributed by atoms with E-state index in [2.05, 4.69) is 6.07 Å². The molecule has 20 heavy (non-hydrogen) atoms. The highest BCUT2D eigenvalue weighted by Crippen LogP contribution is 2.27. The smallest absolute Gasteiger partial charge is 0.238 e. The normalized spacial score (nSPS) is 14.8. The van der Waals surface area contributed by atoms with Gasteiger partial charge in [0.15, 0.2) is 8.32 Å². The third-order valence-electron chi connectivity index (χ3n) is 3.12. The Morgan fingerprint density at radius 2 is 1.90 bits per heavy atom. The summed E-state index contributed by atoms with van der Waals surface area (Å²) in [6.45, 7) is 5.16. The van der Waals surface area contributed by atoms with Crippen molar-refractivity contribution in [1.29, 1.82) is 5.26 Å². The zero-order valence-corrected chi connectivity index (χ0v) is 13.2. The topological polar surface area (TPSA) is 33.0 Å². The zero-order valence-electron chi connectivity index (χ0n) is 12.2. The number of alkyl halides is 2. The van der Waals surface area contributed by atoms with E-state index < -0.39 is 20.3 Å². The van der Waals surface area contributed by atoms with Crippen molar-refractivity contribution in [1.82, 2.24) is 0 Å². The quantitative estimate of drug-likeness (QED) is 0.699. The fraction of sp³-hybridized carbons (Fsp3) is 0.533. The highest BCUT2D eigenvalue weighted by atomic mass is 28.4. The van der Waals surface area contributed by atoms with Crippen molar-refractivity contribution in [3.8, 4) is 6.07 Å². The van der Waals surface area contributed by atoms with E-state index in [1.54, 1.807) is 20.0 Å². The van der Waals surface area contributed by atoms with Gasteiger partial charge in [0.1, 0.15) is 5.60 Å². The van der Waals surface area contributed by atoms with Crippen molar-refractivity contribution >= 4 is 8.32 Å². The SMILES string of the molecule is CC(C#N)(CCc1ccccc1)O[Si](C)(C)CC(F)F. The number of hydrogen-bond donors (Lipinski definition) is 0. The maximum atomic E-state index is 12.5. The maximum absolute atomic E-state index is 12.5. The molecule has 2 nitrogen and oxygen atoms in total. The highest BCUT2D eigenvalue weighted by molar-refractivity contribution is 6.71. The van der Waals surface area contributed by atoms with E-state index in [9.17, 15) is 14.0 Å². The molecule has 0 aliphatic carbocycles. The van der Waals surface area contributed by atoms with Crippen LogP contribution >= 0.6 is 0 Å². The highest BCUT2D eigenvalue weighted by Gasteiger charge is 2.36. The molecule has 1 aromatic rings. The summed E-state index contributed by atoms with van der Waals surface area (Å²) < 4.78 is 30.9. The minimum Gasteiger partial charge on any atom is -0.400 e. The van der Waals surface area contributed by atoms with Crippen LogP contribution < -0.4 is 0 Å². The van der Waals surface area contributed by atoms with E-state index in [1.165, 1.54) is 0 Å². The molecule has 0 radical (unpaired) electrons. The molecule has 0 saturated carbocycles. The first-order valence-electron chi connectivity index (χ1n) is 6.70. The Labute approximate surface area is 120 Å². The van der Waals surface area contributed by atoms with Gasteiger partial charge < -0.3 is 4.43 Å². The number of nitriles is 1. The van der Waals surface area contributed by atoms with Gasteiger partial charge in [-0.25, -0.2) is 8.78 Å². The summed E-state index contributed by atoms with van der Waals surface area (Å²) >= 11 is 0. The van der Waals surface area contributed by atoms with E-state index in [1.807, 2.05) is 30.3 Å². The maximum Gasteiger partial charge on any atom is 0.238 e. The Hall–Kier alpha value is -1.25. The number of hydrogen-bond acceptors (Lipinski definition) is 2. The molecule has 0 heterocycles. The molecule has 5 heteroatoms. The minimum absolute atomic E-state index is 0.240. The van der Waals surface area contributed by atoms with Crippen molar-refractivity contribution in [2.75, 3.05) is 0 Å².